The van der Waals surface area contributed by atoms with E-state index in [4.69, 9.17) is 4.74 Å². The maximum Gasteiger partial charge on any atom is 0.0612 e. The first kappa shape index (κ1) is 13.0. The zero-order chi connectivity index (χ0) is 11.6. The standard InChI is InChI=1S/C13H27NO/c1-9(2)10(3)14-11-7-12(8-11)15-13(4,5)6/h9-12,14H,7-8H2,1-6H3. The molecule has 0 amide bonds. The summed E-state index contributed by atoms with van der Waals surface area (Å²) in [6.07, 6.45) is 2.82. The van der Waals surface area contributed by atoms with Gasteiger partial charge < -0.3 is 10.1 Å². The van der Waals surface area contributed by atoms with Gasteiger partial charge in [0, 0.05) is 12.1 Å². The molecule has 2 heteroatoms. The highest BCUT2D eigenvalue weighted by atomic mass is 16.5. The zero-order valence-corrected chi connectivity index (χ0v) is 11.1. The van der Waals surface area contributed by atoms with Gasteiger partial charge in [-0.05, 0) is 46.5 Å². The number of hydrogen-bond acceptors (Lipinski definition) is 2. The van der Waals surface area contributed by atoms with Gasteiger partial charge in [0.1, 0.15) is 0 Å². The first-order valence-corrected chi connectivity index (χ1v) is 6.22. The fourth-order valence-electron chi connectivity index (χ4n) is 1.86. The van der Waals surface area contributed by atoms with Gasteiger partial charge in [0.15, 0.2) is 0 Å². The van der Waals surface area contributed by atoms with Crippen molar-refractivity contribution in [3.05, 3.63) is 0 Å². The number of rotatable bonds is 4. The highest BCUT2D eigenvalue weighted by Gasteiger charge is 2.33. The number of nitrogens with one attached hydrogen (secondary N) is 1. The normalized spacial score (nSPS) is 29.0. The van der Waals surface area contributed by atoms with E-state index in [2.05, 4.69) is 46.9 Å². The molecule has 90 valence electrons. The third kappa shape index (κ3) is 4.52. The van der Waals surface area contributed by atoms with Crippen LogP contribution in [0.25, 0.3) is 0 Å². The van der Waals surface area contributed by atoms with Gasteiger partial charge in [-0.1, -0.05) is 13.8 Å². The summed E-state index contributed by atoms with van der Waals surface area (Å²) >= 11 is 0. The predicted octanol–water partition coefficient (Wildman–Crippen LogP) is 2.97. The summed E-state index contributed by atoms with van der Waals surface area (Å²) in [7, 11) is 0. The van der Waals surface area contributed by atoms with Crippen LogP contribution in [0.2, 0.25) is 0 Å². The molecule has 0 radical (unpaired) electrons. The lowest BCUT2D eigenvalue weighted by Crippen LogP contribution is -2.51. The summed E-state index contributed by atoms with van der Waals surface area (Å²) in [6.45, 7) is 13.2. The van der Waals surface area contributed by atoms with E-state index in [9.17, 15) is 0 Å². The Morgan fingerprint density at radius 1 is 1.13 bits per heavy atom. The molecule has 0 aliphatic heterocycles. The summed E-state index contributed by atoms with van der Waals surface area (Å²) in [4.78, 5) is 0. The molecule has 1 unspecified atom stereocenters. The molecule has 0 heterocycles. The zero-order valence-electron chi connectivity index (χ0n) is 11.1. The van der Waals surface area contributed by atoms with E-state index in [0.717, 1.165) is 0 Å². The first-order valence-electron chi connectivity index (χ1n) is 6.22. The van der Waals surface area contributed by atoms with Crippen LogP contribution >= 0.6 is 0 Å². The Bertz CT molecular complexity index is 189. The number of ether oxygens (including phenoxy) is 1. The molecular weight excluding hydrogens is 186 g/mol. The maximum atomic E-state index is 5.91. The van der Waals surface area contributed by atoms with Crippen LogP contribution in [-0.2, 0) is 4.74 Å². The third-order valence-electron chi connectivity index (χ3n) is 3.11. The van der Waals surface area contributed by atoms with Crippen LogP contribution in [-0.4, -0.2) is 23.8 Å². The highest BCUT2D eigenvalue weighted by Crippen LogP contribution is 2.28. The van der Waals surface area contributed by atoms with Gasteiger partial charge in [-0.3, -0.25) is 0 Å². The quantitative estimate of drug-likeness (QED) is 0.775. The van der Waals surface area contributed by atoms with E-state index in [1.165, 1.54) is 12.8 Å². The topological polar surface area (TPSA) is 21.3 Å². The fraction of sp³-hybridized carbons (Fsp3) is 1.00. The van der Waals surface area contributed by atoms with Crippen molar-refractivity contribution in [3.8, 4) is 0 Å². The van der Waals surface area contributed by atoms with Crippen molar-refractivity contribution in [2.24, 2.45) is 5.92 Å². The van der Waals surface area contributed by atoms with E-state index >= 15 is 0 Å². The average Bonchev–Trinajstić information content (AvgIpc) is 1.97. The van der Waals surface area contributed by atoms with Gasteiger partial charge in [0.25, 0.3) is 0 Å². The molecule has 0 aromatic rings. The SMILES string of the molecule is CC(C)C(C)NC1CC(OC(C)(C)C)C1. The molecule has 1 fully saturated rings. The van der Waals surface area contributed by atoms with Crippen molar-refractivity contribution in [3.63, 3.8) is 0 Å². The first-order chi connectivity index (χ1) is 6.78. The largest absolute Gasteiger partial charge is 0.373 e. The van der Waals surface area contributed by atoms with Gasteiger partial charge >= 0.3 is 0 Å². The molecule has 15 heavy (non-hydrogen) atoms. The lowest BCUT2D eigenvalue weighted by atomic mass is 9.87. The smallest absolute Gasteiger partial charge is 0.0612 e. The molecule has 0 saturated heterocycles. The van der Waals surface area contributed by atoms with E-state index in [-0.39, 0.29) is 5.60 Å². The molecule has 0 bridgehead atoms. The van der Waals surface area contributed by atoms with Crippen molar-refractivity contribution in [2.45, 2.75) is 78.2 Å². The Balaban J connectivity index is 2.15. The van der Waals surface area contributed by atoms with Gasteiger partial charge in [0.2, 0.25) is 0 Å². The van der Waals surface area contributed by atoms with Crippen molar-refractivity contribution in [1.29, 1.82) is 0 Å². The minimum absolute atomic E-state index is 0.0132. The van der Waals surface area contributed by atoms with Crippen molar-refractivity contribution in [1.82, 2.24) is 5.32 Å². The van der Waals surface area contributed by atoms with E-state index in [1.807, 2.05) is 0 Å². The lowest BCUT2D eigenvalue weighted by molar-refractivity contribution is -0.103. The highest BCUT2D eigenvalue weighted by molar-refractivity contribution is 4.89. The van der Waals surface area contributed by atoms with Crippen LogP contribution in [0.5, 0.6) is 0 Å². The summed E-state index contributed by atoms with van der Waals surface area (Å²) in [5.41, 5.74) is 0.0132. The molecule has 0 aromatic heterocycles. The Hall–Kier alpha value is -0.0800. The molecule has 0 aromatic carbocycles. The molecule has 1 aliphatic carbocycles. The monoisotopic (exact) mass is 213 g/mol. The second kappa shape index (κ2) is 4.84. The Labute approximate surface area is 94.8 Å². The van der Waals surface area contributed by atoms with Crippen LogP contribution in [0, 0.1) is 5.92 Å². The van der Waals surface area contributed by atoms with Gasteiger partial charge in [-0.15, -0.1) is 0 Å². The van der Waals surface area contributed by atoms with Gasteiger partial charge in [0.05, 0.1) is 11.7 Å². The molecule has 0 spiro atoms. The molecular formula is C13H27NO. The Morgan fingerprint density at radius 3 is 2.07 bits per heavy atom. The fourth-order valence-corrected chi connectivity index (χ4v) is 1.86. The van der Waals surface area contributed by atoms with Crippen molar-refractivity contribution < 1.29 is 4.74 Å². The van der Waals surface area contributed by atoms with Crippen LogP contribution in [0.3, 0.4) is 0 Å². The average molecular weight is 213 g/mol. The molecule has 1 atom stereocenters. The lowest BCUT2D eigenvalue weighted by Gasteiger charge is -2.41. The van der Waals surface area contributed by atoms with Crippen LogP contribution in [0.4, 0.5) is 0 Å². The Morgan fingerprint density at radius 2 is 1.67 bits per heavy atom. The Kier molecular flexibility index (Phi) is 4.19. The number of hydrogen-bond donors (Lipinski definition) is 1. The van der Waals surface area contributed by atoms with Gasteiger partial charge in [-0.2, -0.15) is 0 Å². The molecule has 1 rings (SSSR count). The van der Waals surface area contributed by atoms with E-state index in [1.54, 1.807) is 0 Å². The van der Waals surface area contributed by atoms with Crippen molar-refractivity contribution in [2.75, 3.05) is 0 Å². The molecule has 1 N–H and O–H groups in total. The summed E-state index contributed by atoms with van der Waals surface area (Å²) in [6, 6.07) is 1.29. The third-order valence-corrected chi connectivity index (χ3v) is 3.11. The van der Waals surface area contributed by atoms with Gasteiger partial charge in [-0.25, -0.2) is 0 Å². The summed E-state index contributed by atoms with van der Waals surface area (Å²) in [5, 5.41) is 3.65. The molecule has 1 aliphatic rings. The van der Waals surface area contributed by atoms with E-state index < -0.39 is 0 Å². The second-order valence-electron chi connectivity index (χ2n) is 6.22. The molecule has 2 nitrogen and oxygen atoms in total. The summed E-state index contributed by atoms with van der Waals surface area (Å²) in [5.74, 6) is 0.715. The minimum Gasteiger partial charge on any atom is -0.373 e. The maximum absolute atomic E-state index is 5.91. The molecule has 1 saturated carbocycles. The predicted molar refractivity (Wildman–Crippen MR) is 65.1 cm³/mol. The van der Waals surface area contributed by atoms with Crippen LogP contribution < -0.4 is 5.32 Å². The van der Waals surface area contributed by atoms with Crippen LogP contribution in [0.1, 0.15) is 54.4 Å². The minimum atomic E-state index is 0.0132. The summed E-state index contributed by atoms with van der Waals surface area (Å²) < 4.78 is 5.91. The van der Waals surface area contributed by atoms with Crippen LogP contribution in [0.15, 0.2) is 0 Å². The van der Waals surface area contributed by atoms with E-state index in [0.29, 0.717) is 24.1 Å². The second-order valence-corrected chi connectivity index (χ2v) is 6.22. The van der Waals surface area contributed by atoms with Crippen molar-refractivity contribution >= 4 is 0 Å².